The number of benzene rings is 1. The molecular formula is C17H29NO6Ti. The first-order valence-corrected chi connectivity index (χ1v) is 7.62. The van der Waals surface area contributed by atoms with E-state index in [0.717, 1.165) is 0 Å². The van der Waals surface area contributed by atoms with Crippen molar-refractivity contribution < 1.29 is 51.8 Å². The van der Waals surface area contributed by atoms with Crippen LogP contribution >= 0.6 is 0 Å². The van der Waals surface area contributed by atoms with Gasteiger partial charge in [-0.25, -0.2) is 0 Å². The Morgan fingerprint density at radius 1 is 0.720 bits per heavy atom. The zero-order valence-electron chi connectivity index (χ0n) is 15.6. The second-order valence-electron chi connectivity index (χ2n) is 5.75. The number of aliphatic hydroxyl groups excluding tert-OH is 3. The third kappa shape index (κ3) is 14.9. The summed E-state index contributed by atoms with van der Waals surface area (Å²) in [5.74, 6) is -1.31. The second-order valence-corrected chi connectivity index (χ2v) is 5.75. The van der Waals surface area contributed by atoms with Crippen molar-refractivity contribution in [3.63, 3.8) is 0 Å². The summed E-state index contributed by atoms with van der Waals surface area (Å²) < 4.78 is 0. The first-order chi connectivity index (χ1) is 10.9. The molecule has 1 aliphatic rings. The minimum absolute atomic E-state index is 0. The van der Waals surface area contributed by atoms with Crippen molar-refractivity contribution >= 4 is 11.8 Å². The fourth-order valence-corrected chi connectivity index (χ4v) is 1.18. The van der Waals surface area contributed by atoms with Gasteiger partial charge in [0.15, 0.2) is 0 Å². The molecule has 25 heavy (non-hydrogen) atoms. The first kappa shape index (κ1) is 28.7. The van der Waals surface area contributed by atoms with Gasteiger partial charge in [0.05, 0.1) is 11.1 Å². The van der Waals surface area contributed by atoms with E-state index in [1.807, 2.05) is 0 Å². The van der Waals surface area contributed by atoms with Crippen LogP contribution in [0, 0.1) is 0 Å². The normalized spacial score (nSPS) is 11.6. The zero-order chi connectivity index (χ0) is 19.4. The van der Waals surface area contributed by atoms with Gasteiger partial charge >= 0.3 is 0 Å². The van der Waals surface area contributed by atoms with Gasteiger partial charge in [0.2, 0.25) is 0 Å². The molecule has 0 radical (unpaired) electrons. The molecule has 2 rings (SSSR count). The molecule has 0 saturated carbocycles. The summed E-state index contributed by atoms with van der Waals surface area (Å²) in [4.78, 5) is 22.1. The molecule has 0 spiro atoms. The summed E-state index contributed by atoms with van der Waals surface area (Å²) in [5.41, 5.74) is 0.509. The summed E-state index contributed by atoms with van der Waals surface area (Å²) in [6.45, 7) is 10.3. The number of amides is 2. The maximum atomic E-state index is 11.1. The van der Waals surface area contributed by atoms with E-state index in [4.69, 9.17) is 20.5 Å². The van der Waals surface area contributed by atoms with Crippen LogP contribution < -0.4 is 0 Å². The van der Waals surface area contributed by atoms with Gasteiger partial charge in [-0.3, -0.25) is 14.8 Å². The molecule has 4 N–H and O–H groups in total. The Balaban J connectivity index is -0.000000314. The van der Waals surface area contributed by atoms with Crippen molar-refractivity contribution in [2.75, 3.05) is 0 Å². The number of imide groups is 1. The van der Waals surface area contributed by atoms with Gasteiger partial charge in [-0.15, -0.1) is 5.06 Å². The minimum Gasteiger partial charge on any atom is -0.394 e. The van der Waals surface area contributed by atoms with Crippen LogP contribution in [0.2, 0.25) is 0 Å². The quantitative estimate of drug-likeness (QED) is 0.304. The average molecular weight is 391 g/mol. The molecule has 0 fully saturated rings. The fourth-order valence-electron chi connectivity index (χ4n) is 1.18. The van der Waals surface area contributed by atoms with Gasteiger partial charge in [-0.05, 0) is 53.7 Å². The molecule has 0 aromatic heterocycles. The van der Waals surface area contributed by atoms with E-state index < -0.39 is 11.8 Å². The fraction of sp³-hybridized carbons (Fsp3) is 0.529. The second kappa shape index (κ2) is 15.2. The molecule has 0 atom stereocenters. The molecule has 1 aliphatic heterocycles. The van der Waals surface area contributed by atoms with Gasteiger partial charge in [-0.2, -0.15) is 0 Å². The minimum atomic E-state index is -0.657. The van der Waals surface area contributed by atoms with E-state index in [2.05, 4.69) is 0 Å². The van der Waals surface area contributed by atoms with Crippen LogP contribution in [0.4, 0.5) is 0 Å². The molecule has 1 aromatic carbocycles. The number of fused-ring (bicyclic) bond motifs is 1. The van der Waals surface area contributed by atoms with Crippen molar-refractivity contribution in [1.82, 2.24) is 5.06 Å². The molecule has 142 valence electrons. The van der Waals surface area contributed by atoms with Crippen LogP contribution in [0.25, 0.3) is 0 Å². The average Bonchev–Trinajstić information content (AvgIpc) is 2.63. The Morgan fingerprint density at radius 2 is 0.920 bits per heavy atom. The van der Waals surface area contributed by atoms with Gasteiger partial charge in [0.1, 0.15) is 0 Å². The zero-order valence-corrected chi connectivity index (χ0v) is 17.2. The van der Waals surface area contributed by atoms with Crippen molar-refractivity contribution in [3.05, 3.63) is 35.4 Å². The Labute approximate surface area is 164 Å². The SMILES string of the molecule is CC(C)O.CC(C)O.CC(C)O.O=C1c2ccccc2C(=O)N1O.[Ti]. The molecule has 0 saturated heterocycles. The molecular weight excluding hydrogens is 362 g/mol. The van der Waals surface area contributed by atoms with Crippen molar-refractivity contribution in [3.8, 4) is 0 Å². The predicted molar refractivity (Wildman–Crippen MR) is 90.8 cm³/mol. The number of carbonyl (C=O) groups is 2. The van der Waals surface area contributed by atoms with E-state index in [9.17, 15) is 9.59 Å². The van der Waals surface area contributed by atoms with Gasteiger partial charge in [0, 0.05) is 40.0 Å². The smallest absolute Gasteiger partial charge is 0.285 e. The number of aliphatic hydroxyl groups is 3. The number of carbonyl (C=O) groups excluding carboxylic acids is 2. The number of nitrogens with zero attached hydrogens (tertiary/aromatic N) is 1. The first-order valence-electron chi connectivity index (χ1n) is 7.62. The van der Waals surface area contributed by atoms with Crippen molar-refractivity contribution in [1.29, 1.82) is 0 Å². The number of rotatable bonds is 0. The number of hydroxylamine groups is 2. The molecule has 0 bridgehead atoms. The van der Waals surface area contributed by atoms with Crippen LogP contribution in [0.3, 0.4) is 0 Å². The molecule has 7 nitrogen and oxygen atoms in total. The molecule has 2 amide bonds. The summed E-state index contributed by atoms with van der Waals surface area (Å²) in [7, 11) is 0. The summed E-state index contributed by atoms with van der Waals surface area (Å²) in [6, 6.07) is 6.30. The van der Waals surface area contributed by atoms with Gasteiger partial charge in [0.25, 0.3) is 11.8 Å². The Hall–Kier alpha value is -1.09. The monoisotopic (exact) mass is 391 g/mol. The van der Waals surface area contributed by atoms with E-state index in [1.54, 1.807) is 53.7 Å². The Kier molecular flexibility index (Phi) is 17.4. The van der Waals surface area contributed by atoms with Crippen LogP contribution in [0.5, 0.6) is 0 Å². The Bertz CT molecular complexity index is 448. The number of hydrogen-bond acceptors (Lipinski definition) is 6. The van der Waals surface area contributed by atoms with E-state index in [-0.39, 0.29) is 56.2 Å². The van der Waals surface area contributed by atoms with Crippen LogP contribution in [0.1, 0.15) is 62.3 Å². The van der Waals surface area contributed by atoms with E-state index >= 15 is 0 Å². The maximum absolute atomic E-state index is 11.1. The topological polar surface area (TPSA) is 118 Å². The van der Waals surface area contributed by atoms with Gasteiger partial charge < -0.3 is 15.3 Å². The largest absolute Gasteiger partial charge is 0.394 e. The third-order valence-corrected chi connectivity index (χ3v) is 1.77. The van der Waals surface area contributed by atoms with Crippen LogP contribution in [-0.4, -0.2) is 55.7 Å². The molecule has 1 heterocycles. The Morgan fingerprint density at radius 3 is 1.12 bits per heavy atom. The predicted octanol–water partition coefficient (Wildman–Crippen LogP) is 1.83. The third-order valence-electron chi connectivity index (χ3n) is 1.77. The molecule has 1 aromatic rings. The van der Waals surface area contributed by atoms with Crippen molar-refractivity contribution in [2.45, 2.75) is 59.9 Å². The van der Waals surface area contributed by atoms with Crippen LogP contribution in [-0.2, 0) is 21.7 Å². The van der Waals surface area contributed by atoms with E-state index in [0.29, 0.717) is 0 Å². The van der Waals surface area contributed by atoms with E-state index in [1.165, 1.54) is 12.1 Å². The van der Waals surface area contributed by atoms with Gasteiger partial charge in [-0.1, -0.05) is 12.1 Å². The summed E-state index contributed by atoms with van der Waals surface area (Å²) >= 11 is 0. The number of hydrogen-bond donors (Lipinski definition) is 4. The van der Waals surface area contributed by atoms with Crippen LogP contribution in [0.15, 0.2) is 24.3 Å². The summed E-state index contributed by atoms with van der Waals surface area (Å²) in [6.07, 6.45) is -0.500. The maximum Gasteiger partial charge on any atom is 0.285 e. The molecule has 0 aliphatic carbocycles. The van der Waals surface area contributed by atoms with Crippen molar-refractivity contribution in [2.24, 2.45) is 0 Å². The summed E-state index contributed by atoms with van der Waals surface area (Å²) in [5, 5.41) is 33.2. The molecule has 0 unspecified atom stereocenters. The standard InChI is InChI=1S/C8H5NO3.3C3H8O.Ti/c10-7-5-3-1-2-4-6(5)8(11)9(7)12;3*1-3(2)4;/h1-4,12H;3*3-4H,1-2H3;. The molecule has 8 heteroatoms.